The summed E-state index contributed by atoms with van der Waals surface area (Å²) in [5.41, 5.74) is 2.14. The van der Waals surface area contributed by atoms with Gasteiger partial charge in [0.2, 0.25) is 0 Å². The summed E-state index contributed by atoms with van der Waals surface area (Å²) in [6.07, 6.45) is 3.81. The molecule has 28 heavy (non-hydrogen) atoms. The summed E-state index contributed by atoms with van der Waals surface area (Å²) in [4.78, 5) is 17.0. The van der Waals surface area contributed by atoms with Gasteiger partial charge in [0.25, 0.3) is 5.91 Å². The van der Waals surface area contributed by atoms with Gasteiger partial charge >= 0.3 is 0 Å². The number of amides is 1. The van der Waals surface area contributed by atoms with Gasteiger partial charge in [-0.05, 0) is 43.2 Å². The molecule has 148 valence electrons. The first-order valence-electron chi connectivity index (χ1n) is 9.68. The second-order valence-electron chi connectivity index (χ2n) is 7.11. The minimum absolute atomic E-state index is 0.0360. The van der Waals surface area contributed by atoms with E-state index in [1.807, 2.05) is 49.1 Å². The van der Waals surface area contributed by atoms with E-state index in [1.54, 1.807) is 6.07 Å². The van der Waals surface area contributed by atoms with E-state index in [-0.39, 0.29) is 5.91 Å². The Labute approximate surface area is 172 Å². The van der Waals surface area contributed by atoms with Crippen LogP contribution in [-0.2, 0) is 4.79 Å². The van der Waals surface area contributed by atoms with Crippen LogP contribution in [0.4, 0.5) is 0 Å². The summed E-state index contributed by atoms with van der Waals surface area (Å²) in [5, 5.41) is 0.668. The van der Waals surface area contributed by atoms with Gasteiger partial charge in [-0.15, -0.1) is 0 Å². The average Bonchev–Trinajstić information content (AvgIpc) is 2.71. The van der Waals surface area contributed by atoms with Crippen LogP contribution < -0.4 is 4.74 Å². The maximum absolute atomic E-state index is 12.7. The third-order valence-corrected chi connectivity index (χ3v) is 5.18. The van der Waals surface area contributed by atoms with Gasteiger partial charge in [0.1, 0.15) is 5.75 Å². The molecular weight excluding hydrogens is 372 g/mol. The molecule has 0 aliphatic carbocycles. The number of nitrogens with zero attached hydrogens (tertiary/aromatic N) is 2. The smallest absolute Gasteiger partial charge is 0.263 e. The zero-order chi connectivity index (χ0) is 19.9. The minimum Gasteiger partial charge on any atom is -0.481 e. The van der Waals surface area contributed by atoms with Gasteiger partial charge in [-0.2, -0.15) is 0 Å². The van der Waals surface area contributed by atoms with Crippen LogP contribution in [0.5, 0.6) is 5.75 Å². The van der Waals surface area contributed by atoms with Crippen molar-refractivity contribution in [3.05, 3.63) is 70.8 Å². The Kier molecular flexibility index (Phi) is 7.12. The van der Waals surface area contributed by atoms with Crippen LogP contribution in [0, 0.1) is 6.92 Å². The van der Waals surface area contributed by atoms with Gasteiger partial charge in [0.05, 0.1) is 0 Å². The second-order valence-corrected chi connectivity index (χ2v) is 7.55. The number of hydrogen-bond acceptors (Lipinski definition) is 3. The van der Waals surface area contributed by atoms with Crippen LogP contribution in [0.25, 0.3) is 6.08 Å². The van der Waals surface area contributed by atoms with E-state index < -0.39 is 6.10 Å². The fraction of sp³-hybridized carbons (Fsp3) is 0.348. The standard InChI is InChI=1S/C23H27ClN2O2/c1-18-17-21(24)10-11-22(18)28-19(2)23(27)26-15-13-25(14-16-26)12-6-9-20-7-4-3-5-8-20/h3-11,17,19H,12-16H2,1-2H3/b9-6+/t19-/m0/s1. The van der Waals surface area contributed by atoms with Crippen molar-refractivity contribution in [3.8, 4) is 5.75 Å². The lowest BCUT2D eigenvalue weighted by molar-refractivity contribution is -0.139. The summed E-state index contributed by atoms with van der Waals surface area (Å²) in [7, 11) is 0. The maximum Gasteiger partial charge on any atom is 0.263 e. The third-order valence-electron chi connectivity index (χ3n) is 4.95. The zero-order valence-electron chi connectivity index (χ0n) is 16.5. The number of halogens is 1. The molecule has 0 bridgehead atoms. The number of benzene rings is 2. The molecule has 1 fully saturated rings. The van der Waals surface area contributed by atoms with Gasteiger partial charge < -0.3 is 9.64 Å². The van der Waals surface area contributed by atoms with Crippen LogP contribution in [0.15, 0.2) is 54.6 Å². The van der Waals surface area contributed by atoms with E-state index in [0.29, 0.717) is 10.8 Å². The number of carbonyl (C=O) groups excluding carboxylic acids is 1. The molecule has 4 nitrogen and oxygen atoms in total. The van der Waals surface area contributed by atoms with Gasteiger partial charge in [-0.3, -0.25) is 9.69 Å². The monoisotopic (exact) mass is 398 g/mol. The molecule has 1 amide bonds. The first kappa shape index (κ1) is 20.4. The van der Waals surface area contributed by atoms with Gasteiger partial charge in [0, 0.05) is 37.7 Å². The van der Waals surface area contributed by atoms with Crippen LogP contribution >= 0.6 is 11.6 Å². The molecular formula is C23H27ClN2O2. The summed E-state index contributed by atoms with van der Waals surface area (Å²) >= 11 is 5.98. The van der Waals surface area contributed by atoms with Gasteiger partial charge in [-0.25, -0.2) is 0 Å². The van der Waals surface area contributed by atoms with Gasteiger partial charge in [0.15, 0.2) is 6.10 Å². The Balaban J connectivity index is 1.46. The molecule has 0 unspecified atom stereocenters. The van der Waals surface area contributed by atoms with Crippen LogP contribution in [0.3, 0.4) is 0 Å². The number of ether oxygens (including phenoxy) is 1. The fourth-order valence-electron chi connectivity index (χ4n) is 3.30. The van der Waals surface area contributed by atoms with E-state index in [9.17, 15) is 4.79 Å². The molecule has 1 heterocycles. The summed E-state index contributed by atoms with van der Waals surface area (Å²) in [6.45, 7) is 7.84. The second kappa shape index (κ2) is 9.76. The number of hydrogen-bond donors (Lipinski definition) is 0. The SMILES string of the molecule is Cc1cc(Cl)ccc1O[C@@H](C)C(=O)N1CCN(C/C=C/c2ccccc2)CC1. The third kappa shape index (κ3) is 5.60. The van der Waals surface area contributed by atoms with Crippen LogP contribution in [0.1, 0.15) is 18.1 Å². The highest BCUT2D eigenvalue weighted by Crippen LogP contribution is 2.23. The Hall–Kier alpha value is -2.30. The lowest BCUT2D eigenvalue weighted by Crippen LogP contribution is -2.51. The molecule has 1 aliphatic rings. The molecule has 0 saturated carbocycles. The highest BCUT2D eigenvalue weighted by atomic mass is 35.5. The summed E-state index contributed by atoms with van der Waals surface area (Å²) < 4.78 is 5.88. The number of piperazine rings is 1. The van der Waals surface area contributed by atoms with E-state index in [4.69, 9.17) is 16.3 Å². The van der Waals surface area contributed by atoms with E-state index in [1.165, 1.54) is 5.56 Å². The van der Waals surface area contributed by atoms with E-state index in [0.717, 1.165) is 38.3 Å². The molecule has 1 aliphatic heterocycles. The van der Waals surface area contributed by atoms with E-state index >= 15 is 0 Å². The van der Waals surface area contributed by atoms with Crippen molar-refractivity contribution >= 4 is 23.6 Å². The normalized spacial score (nSPS) is 16.3. The Bertz CT molecular complexity index is 815. The summed E-state index contributed by atoms with van der Waals surface area (Å²) in [6, 6.07) is 15.7. The first-order chi connectivity index (χ1) is 13.5. The van der Waals surface area contributed by atoms with Crippen molar-refractivity contribution in [2.75, 3.05) is 32.7 Å². The largest absolute Gasteiger partial charge is 0.481 e. The first-order valence-corrected chi connectivity index (χ1v) is 10.1. The van der Waals surface area contributed by atoms with Crippen molar-refractivity contribution in [1.29, 1.82) is 0 Å². The number of aryl methyl sites for hydroxylation is 1. The molecule has 0 N–H and O–H groups in total. The minimum atomic E-state index is -0.510. The fourth-order valence-corrected chi connectivity index (χ4v) is 3.52. The van der Waals surface area contributed by atoms with Crippen molar-refractivity contribution in [2.45, 2.75) is 20.0 Å². The lowest BCUT2D eigenvalue weighted by Gasteiger charge is -2.35. The summed E-state index contributed by atoms with van der Waals surface area (Å²) in [5.74, 6) is 0.740. The van der Waals surface area contributed by atoms with Crippen molar-refractivity contribution in [1.82, 2.24) is 9.80 Å². The molecule has 1 saturated heterocycles. The molecule has 5 heteroatoms. The van der Waals surface area contributed by atoms with Crippen molar-refractivity contribution in [2.24, 2.45) is 0 Å². The molecule has 0 radical (unpaired) electrons. The predicted molar refractivity (Wildman–Crippen MR) is 115 cm³/mol. The van der Waals surface area contributed by atoms with Crippen molar-refractivity contribution in [3.63, 3.8) is 0 Å². The van der Waals surface area contributed by atoms with Crippen LogP contribution in [-0.4, -0.2) is 54.5 Å². The topological polar surface area (TPSA) is 32.8 Å². The maximum atomic E-state index is 12.7. The quantitative estimate of drug-likeness (QED) is 0.728. The number of carbonyl (C=O) groups is 1. The molecule has 0 aromatic heterocycles. The molecule has 3 rings (SSSR count). The molecule has 2 aromatic carbocycles. The number of rotatable bonds is 6. The highest BCUT2D eigenvalue weighted by molar-refractivity contribution is 6.30. The van der Waals surface area contributed by atoms with Crippen LogP contribution in [0.2, 0.25) is 5.02 Å². The Morgan fingerprint density at radius 3 is 2.54 bits per heavy atom. The Morgan fingerprint density at radius 2 is 1.86 bits per heavy atom. The lowest BCUT2D eigenvalue weighted by atomic mass is 10.2. The van der Waals surface area contributed by atoms with Gasteiger partial charge in [-0.1, -0.05) is 54.1 Å². The molecule has 2 aromatic rings. The predicted octanol–water partition coefficient (Wildman–Crippen LogP) is 4.27. The van der Waals surface area contributed by atoms with E-state index in [2.05, 4.69) is 29.2 Å². The molecule has 0 spiro atoms. The highest BCUT2D eigenvalue weighted by Gasteiger charge is 2.26. The zero-order valence-corrected chi connectivity index (χ0v) is 17.2. The van der Waals surface area contributed by atoms with Crippen molar-refractivity contribution < 1.29 is 9.53 Å². The average molecular weight is 399 g/mol. The Morgan fingerprint density at radius 1 is 1.14 bits per heavy atom. The molecule has 1 atom stereocenters.